The third-order valence-corrected chi connectivity index (χ3v) is 4.38. The normalized spacial score (nSPS) is 10.2. The maximum Gasteiger partial charge on any atom is 0.341 e. The summed E-state index contributed by atoms with van der Waals surface area (Å²) in [5.74, 6) is -0.375. The summed E-state index contributed by atoms with van der Waals surface area (Å²) in [4.78, 5) is 12.4. The molecule has 0 saturated carbocycles. The predicted molar refractivity (Wildman–Crippen MR) is 101 cm³/mol. The van der Waals surface area contributed by atoms with Crippen molar-refractivity contribution < 1.29 is 9.53 Å². The number of benzene rings is 1. The summed E-state index contributed by atoms with van der Waals surface area (Å²) in [5.41, 5.74) is 2.18. The van der Waals surface area contributed by atoms with E-state index in [2.05, 4.69) is 10.6 Å². The number of rotatable bonds is 5. The molecule has 0 atom stereocenters. The Hall–Kier alpha value is -1.63. The Kier molecular flexibility index (Phi) is 6.38. The highest BCUT2D eigenvalue weighted by atomic mass is 35.5. The molecule has 1 heterocycles. The molecule has 0 bridgehead atoms. The van der Waals surface area contributed by atoms with Gasteiger partial charge < -0.3 is 15.4 Å². The molecular formula is C16H17ClN2O2S2. The predicted octanol–water partition coefficient (Wildman–Crippen LogP) is 4.55. The molecule has 0 radical (unpaired) electrons. The van der Waals surface area contributed by atoms with Crippen molar-refractivity contribution in [2.75, 3.05) is 18.5 Å². The molecule has 0 unspecified atom stereocenters. The first kappa shape index (κ1) is 17.7. The van der Waals surface area contributed by atoms with Crippen molar-refractivity contribution in [1.29, 1.82) is 0 Å². The zero-order chi connectivity index (χ0) is 16.8. The summed E-state index contributed by atoms with van der Waals surface area (Å²) < 4.78 is 5.19. The van der Waals surface area contributed by atoms with Crippen LogP contribution in [-0.2, 0) is 4.74 Å². The third-order valence-electron chi connectivity index (χ3n) is 2.99. The topological polar surface area (TPSA) is 50.4 Å². The zero-order valence-corrected chi connectivity index (χ0v) is 15.2. The number of esters is 1. The third kappa shape index (κ3) is 4.43. The molecule has 4 nitrogen and oxygen atoms in total. The first-order chi connectivity index (χ1) is 11.1. The number of thiocarbonyl (C=S) groups is 1. The second-order valence-corrected chi connectivity index (χ2v) is 6.29. The number of ether oxygens (including phenoxy) is 1. The van der Waals surface area contributed by atoms with E-state index in [4.69, 9.17) is 28.6 Å². The Bertz CT molecular complexity index is 699. The van der Waals surface area contributed by atoms with E-state index < -0.39 is 0 Å². The second-order valence-electron chi connectivity index (χ2n) is 4.57. The minimum Gasteiger partial charge on any atom is -0.462 e. The van der Waals surface area contributed by atoms with E-state index in [9.17, 15) is 4.79 Å². The lowest BCUT2D eigenvalue weighted by molar-refractivity contribution is 0.0529. The summed E-state index contributed by atoms with van der Waals surface area (Å²) >= 11 is 12.5. The number of halogens is 1. The van der Waals surface area contributed by atoms with Crippen LogP contribution in [-0.4, -0.2) is 24.2 Å². The minimum atomic E-state index is -0.375. The van der Waals surface area contributed by atoms with Crippen LogP contribution in [0.4, 0.5) is 5.00 Å². The zero-order valence-electron chi connectivity index (χ0n) is 12.8. The van der Waals surface area contributed by atoms with Gasteiger partial charge in [-0.1, -0.05) is 23.7 Å². The van der Waals surface area contributed by atoms with E-state index >= 15 is 0 Å². The number of carbonyl (C=O) groups excluding carboxylic acids is 1. The van der Waals surface area contributed by atoms with Gasteiger partial charge in [-0.05, 0) is 43.8 Å². The van der Waals surface area contributed by atoms with E-state index in [1.807, 2.05) is 24.4 Å². The molecule has 7 heteroatoms. The van der Waals surface area contributed by atoms with Gasteiger partial charge in [0.25, 0.3) is 0 Å². The molecule has 122 valence electrons. The van der Waals surface area contributed by atoms with Crippen LogP contribution >= 0.6 is 35.2 Å². The minimum absolute atomic E-state index is 0.311. The largest absolute Gasteiger partial charge is 0.462 e. The number of hydrogen-bond acceptors (Lipinski definition) is 4. The molecule has 0 aliphatic carbocycles. The fourth-order valence-corrected chi connectivity index (χ4v) is 3.40. The second kappa shape index (κ2) is 8.29. The van der Waals surface area contributed by atoms with Crippen LogP contribution in [0.1, 0.15) is 24.2 Å². The van der Waals surface area contributed by atoms with Gasteiger partial charge >= 0.3 is 5.97 Å². The van der Waals surface area contributed by atoms with E-state index in [-0.39, 0.29) is 5.97 Å². The van der Waals surface area contributed by atoms with Gasteiger partial charge in [-0.25, -0.2) is 4.79 Å². The van der Waals surface area contributed by atoms with Gasteiger partial charge in [0.1, 0.15) is 10.6 Å². The van der Waals surface area contributed by atoms with E-state index in [1.165, 1.54) is 11.3 Å². The molecule has 0 saturated heterocycles. The highest BCUT2D eigenvalue weighted by molar-refractivity contribution is 7.80. The Balaban J connectivity index is 2.42. The quantitative estimate of drug-likeness (QED) is 0.598. The molecule has 23 heavy (non-hydrogen) atoms. The Morgan fingerprint density at radius 1 is 1.30 bits per heavy atom. The maximum atomic E-state index is 12.4. The molecule has 1 aromatic heterocycles. The lowest BCUT2D eigenvalue weighted by Crippen LogP contribution is -2.28. The number of nitrogens with one attached hydrogen (secondary N) is 2. The molecule has 1 aromatic carbocycles. The monoisotopic (exact) mass is 368 g/mol. The number of thiophene rings is 1. The van der Waals surface area contributed by atoms with Gasteiger partial charge in [-0.3, -0.25) is 0 Å². The molecule has 0 fully saturated rings. The first-order valence-corrected chi connectivity index (χ1v) is 8.82. The van der Waals surface area contributed by atoms with Crippen molar-refractivity contribution in [2.24, 2.45) is 0 Å². The highest BCUT2D eigenvalue weighted by Crippen LogP contribution is 2.36. The summed E-state index contributed by atoms with van der Waals surface area (Å²) in [5, 5.41) is 9.77. The number of anilines is 1. The molecule has 0 spiro atoms. The van der Waals surface area contributed by atoms with Crippen LogP contribution in [0.25, 0.3) is 11.1 Å². The van der Waals surface area contributed by atoms with Crippen LogP contribution in [0.3, 0.4) is 0 Å². The molecular weight excluding hydrogens is 352 g/mol. The number of hydrogen-bond donors (Lipinski definition) is 2. The fourth-order valence-electron chi connectivity index (χ4n) is 2.01. The van der Waals surface area contributed by atoms with E-state index in [0.29, 0.717) is 33.9 Å². The maximum absolute atomic E-state index is 12.4. The molecule has 2 rings (SSSR count). The van der Waals surface area contributed by atoms with Crippen LogP contribution < -0.4 is 10.6 Å². The van der Waals surface area contributed by atoms with Crippen LogP contribution in [0.2, 0.25) is 5.02 Å². The Labute approximate surface area is 149 Å². The van der Waals surface area contributed by atoms with E-state index in [0.717, 1.165) is 11.1 Å². The van der Waals surface area contributed by atoms with Crippen LogP contribution in [0.15, 0.2) is 29.6 Å². The average molecular weight is 369 g/mol. The SMILES string of the molecule is CCNC(=S)Nc1scc(-c2ccc(Cl)cc2)c1C(=O)OCC. The standard InChI is InChI=1S/C16H17ClN2O2S2/c1-3-18-16(22)19-14-13(15(20)21-4-2)12(9-23-14)10-5-7-11(17)8-6-10/h5-9H,3-4H2,1-2H3,(H2,18,19,22). The van der Waals surface area contributed by atoms with Crippen molar-refractivity contribution in [3.8, 4) is 11.1 Å². The summed E-state index contributed by atoms with van der Waals surface area (Å²) in [6.07, 6.45) is 0. The molecule has 2 aromatic rings. The molecule has 0 aliphatic rings. The number of carbonyl (C=O) groups is 1. The van der Waals surface area contributed by atoms with Gasteiger partial charge in [-0.2, -0.15) is 0 Å². The van der Waals surface area contributed by atoms with Crippen molar-refractivity contribution in [3.63, 3.8) is 0 Å². The summed E-state index contributed by atoms with van der Waals surface area (Å²) in [7, 11) is 0. The first-order valence-electron chi connectivity index (χ1n) is 7.16. The summed E-state index contributed by atoms with van der Waals surface area (Å²) in [6.45, 7) is 4.75. The molecule has 0 amide bonds. The van der Waals surface area contributed by atoms with Crippen LogP contribution in [0.5, 0.6) is 0 Å². The highest BCUT2D eigenvalue weighted by Gasteiger charge is 2.22. The Morgan fingerprint density at radius 2 is 2.00 bits per heavy atom. The van der Waals surface area contributed by atoms with Gasteiger partial charge in [0.15, 0.2) is 5.11 Å². The van der Waals surface area contributed by atoms with E-state index in [1.54, 1.807) is 19.1 Å². The Morgan fingerprint density at radius 3 is 2.61 bits per heavy atom. The molecule has 2 N–H and O–H groups in total. The van der Waals surface area contributed by atoms with Gasteiger partial charge in [0, 0.05) is 22.5 Å². The van der Waals surface area contributed by atoms with Gasteiger partial charge in [-0.15, -0.1) is 11.3 Å². The smallest absolute Gasteiger partial charge is 0.341 e. The summed E-state index contributed by atoms with van der Waals surface area (Å²) in [6, 6.07) is 7.33. The lowest BCUT2D eigenvalue weighted by Gasteiger charge is -2.10. The van der Waals surface area contributed by atoms with Gasteiger partial charge in [0.05, 0.1) is 6.61 Å². The van der Waals surface area contributed by atoms with Crippen molar-refractivity contribution in [3.05, 3.63) is 40.2 Å². The average Bonchev–Trinajstić information content (AvgIpc) is 2.92. The van der Waals surface area contributed by atoms with Crippen molar-refractivity contribution in [2.45, 2.75) is 13.8 Å². The van der Waals surface area contributed by atoms with Crippen molar-refractivity contribution >= 4 is 51.2 Å². The lowest BCUT2D eigenvalue weighted by atomic mass is 10.0. The molecule has 0 aliphatic heterocycles. The van der Waals surface area contributed by atoms with Crippen molar-refractivity contribution in [1.82, 2.24) is 5.32 Å². The van der Waals surface area contributed by atoms with Gasteiger partial charge in [0.2, 0.25) is 0 Å². The van der Waals surface area contributed by atoms with Crippen LogP contribution in [0, 0.1) is 0 Å². The fraction of sp³-hybridized carbons (Fsp3) is 0.250.